The Labute approximate surface area is 174 Å². The lowest BCUT2D eigenvalue weighted by Crippen LogP contribution is -2.63. The zero-order valence-electron chi connectivity index (χ0n) is 16.6. The number of benzene rings is 1. The average molecular weight is 414 g/mol. The highest BCUT2D eigenvalue weighted by Crippen LogP contribution is 2.24. The number of carbonyl (C=O) groups is 5. The molecule has 4 atom stereocenters. The second-order valence-corrected chi connectivity index (χ2v) is 7.86. The maximum absolute atomic E-state index is 12.4. The van der Waals surface area contributed by atoms with Crippen LogP contribution in [-0.4, -0.2) is 47.5 Å². The van der Waals surface area contributed by atoms with Crippen molar-refractivity contribution < 1.29 is 24.0 Å². The molecular weight excluding hydrogens is 388 g/mol. The van der Waals surface area contributed by atoms with Gasteiger partial charge < -0.3 is 21.7 Å². The zero-order valence-corrected chi connectivity index (χ0v) is 16.6. The summed E-state index contributed by atoms with van der Waals surface area (Å²) in [5.41, 5.74) is 6.32. The van der Waals surface area contributed by atoms with Gasteiger partial charge in [-0.25, -0.2) is 0 Å². The molecule has 30 heavy (non-hydrogen) atoms. The maximum atomic E-state index is 12.4. The summed E-state index contributed by atoms with van der Waals surface area (Å²) in [5, 5.41) is 7.77. The molecule has 2 fully saturated rings. The molecule has 9 nitrogen and oxygen atoms in total. The number of piperazine rings is 1. The van der Waals surface area contributed by atoms with Crippen LogP contribution in [-0.2, 0) is 30.4 Å². The number of hydrogen-bond acceptors (Lipinski definition) is 5. The smallest absolute Gasteiger partial charge is 0.243 e. The molecule has 0 radical (unpaired) electrons. The van der Waals surface area contributed by atoms with Crippen LogP contribution in [0.1, 0.15) is 37.7 Å². The summed E-state index contributed by atoms with van der Waals surface area (Å²) in [6.45, 7) is 0. The predicted octanol–water partition coefficient (Wildman–Crippen LogP) is -0.668. The minimum absolute atomic E-state index is 0.0372. The van der Waals surface area contributed by atoms with Crippen molar-refractivity contribution >= 4 is 29.4 Å². The Morgan fingerprint density at radius 3 is 2.40 bits per heavy atom. The molecule has 2 aliphatic rings. The van der Waals surface area contributed by atoms with E-state index in [1.807, 2.05) is 30.3 Å². The topological polar surface area (TPSA) is 147 Å². The van der Waals surface area contributed by atoms with Crippen LogP contribution in [0, 0.1) is 5.92 Å². The number of carbonyl (C=O) groups excluding carboxylic acids is 5. The van der Waals surface area contributed by atoms with E-state index < -0.39 is 35.8 Å². The van der Waals surface area contributed by atoms with Gasteiger partial charge in [-0.1, -0.05) is 30.3 Å². The lowest BCUT2D eigenvalue weighted by molar-refractivity contribution is -0.139. The quantitative estimate of drug-likeness (QED) is 0.467. The maximum Gasteiger partial charge on any atom is 0.243 e. The molecule has 0 aromatic heterocycles. The van der Waals surface area contributed by atoms with Gasteiger partial charge in [-0.3, -0.25) is 24.0 Å². The Kier molecular flexibility index (Phi) is 6.81. The SMILES string of the molecule is NC(=O)[C@@H](NC(=O)C[C@@H]1NC(=O)[C@H](Cc2ccccc2)NC1=O)[C@@H]1CCCC(=O)C1. The third kappa shape index (κ3) is 5.43. The summed E-state index contributed by atoms with van der Waals surface area (Å²) in [6, 6.07) is 6.55. The van der Waals surface area contributed by atoms with Crippen LogP contribution < -0.4 is 21.7 Å². The summed E-state index contributed by atoms with van der Waals surface area (Å²) in [4.78, 5) is 60.7. The minimum Gasteiger partial charge on any atom is -0.368 e. The minimum atomic E-state index is -1.04. The summed E-state index contributed by atoms with van der Waals surface area (Å²) in [6.07, 6.45) is 1.94. The molecule has 1 saturated carbocycles. The van der Waals surface area contributed by atoms with Crippen LogP contribution in [0.25, 0.3) is 0 Å². The van der Waals surface area contributed by atoms with Gasteiger partial charge in [-0.2, -0.15) is 0 Å². The van der Waals surface area contributed by atoms with E-state index in [4.69, 9.17) is 5.73 Å². The van der Waals surface area contributed by atoms with E-state index >= 15 is 0 Å². The van der Waals surface area contributed by atoms with Crippen LogP contribution in [0.4, 0.5) is 0 Å². The second kappa shape index (κ2) is 9.51. The van der Waals surface area contributed by atoms with E-state index in [0.717, 1.165) is 5.56 Å². The van der Waals surface area contributed by atoms with Gasteiger partial charge in [-0.15, -0.1) is 0 Å². The van der Waals surface area contributed by atoms with Crippen molar-refractivity contribution in [2.24, 2.45) is 11.7 Å². The lowest BCUT2D eigenvalue weighted by atomic mass is 9.82. The van der Waals surface area contributed by atoms with Crippen molar-refractivity contribution in [2.75, 3.05) is 0 Å². The summed E-state index contributed by atoms with van der Waals surface area (Å²) >= 11 is 0. The van der Waals surface area contributed by atoms with Crippen molar-refractivity contribution in [2.45, 2.75) is 56.7 Å². The Balaban J connectivity index is 1.56. The van der Waals surface area contributed by atoms with E-state index in [0.29, 0.717) is 25.7 Å². The number of nitrogens with two attached hydrogens (primary N) is 1. The van der Waals surface area contributed by atoms with Gasteiger partial charge in [-0.05, 0) is 24.3 Å². The average Bonchev–Trinajstić information content (AvgIpc) is 2.70. The van der Waals surface area contributed by atoms with Gasteiger partial charge in [0.05, 0.1) is 6.42 Å². The highest BCUT2D eigenvalue weighted by Gasteiger charge is 2.37. The van der Waals surface area contributed by atoms with Crippen LogP contribution in [0.3, 0.4) is 0 Å². The number of ketones is 1. The van der Waals surface area contributed by atoms with Crippen molar-refractivity contribution in [3.63, 3.8) is 0 Å². The Morgan fingerprint density at radius 2 is 1.73 bits per heavy atom. The zero-order chi connectivity index (χ0) is 21.7. The molecular formula is C21H26N4O5. The molecule has 0 unspecified atom stereocenters. The predicted molar refractivity (Wildman–Crippen MR) is 107 cm³/mol. The van der Waals surface area contributed by atoms with E-state index in [9.17, 15) is 24.0 Å². The van der Waals surface area contributed by atoms with Crippen molar-refractivity contribution in [1.29, 1.82) is 0 Å². The van der Waals surface area contributed by atoms with Gasteiger partial charge in [0.2, 0.25) is 23.6 Å². The van der Waals surface area contributed by atoms with Crippen molar-refractivity contribution in [3.8, 4) is 0 Å². The molecule has 4 amide bonds. The molecule has 5 N–H and O–H groups in total. The number of amides is 4. The first-order chi connectivity index (χ1) is 14.3. The fourth-order valence-corrected chi connectivity index (χ4v) is 3.99. The van der Waals surface area contributed by atoms with Gasteiger partial charge >= 0.3 is 0 Å². The van der Waals surface area contributed by atoms with E-state index in [2.05, 4.69) is 16.0 Å². The first-order valence-electron chi connectivity index (χ1n) is 10.1. The Bertz CT molecular complexity index is 841. The molecule has 1 aliphatic carbocycles. The number of primary amides is 1. The molecule has 1 aliphatic heterocycles. The highest BCUT2D eigenvalue weighted by molar-refractivity contribution is 5.99. The normalized spacial score (nSPS) is 25.1. The fourth-order valence-electron chi connectivity index (χ4n) is 3.99. The van der Waals surface area contributed by atoms with Crippen LogP contribution in [0.2, 0.25) is 0 Å². The molecule has 1 saturated heterocycles. The second-order valence-electron chi connectivity index (χ2n) is 7.86. The monoisotopic (exact) mass is 414 g/mol. The van der Waals surface area contributed by atoms with Crippen LogP contribution >= 0.6 is 0 Å². The van der Waals surface area contributed by atoms with Crippen molar-refractivity contribution in [1.82, 2.24) is 16.0 Å². The molecule has 9 heteroatoms. The molecule has 0 spiro atoms. The highest BCUT2D eigenvalue weighted by atomic mass is 16.2. The van der Waals surface area contributed by atoms with Gasteiger partial charge in [0, 0.05) is 19.3 Å². The molecule has 1 aromatic rings. The number of hydrogen-bond donors (Lipinski definition) is 4. The third-order valence-corrected chi connectivity index (χ3v) is 5.55. The van der Waals surface area contributed by atoms with Crippen LogP contribution in [0.15, 0.2) is 30.3 Å². The molecule has 3 rings (SSSR count). The van der Waals surface area contributed by atoms with Gasteiger partial charge in [0.1, 0.15) is 23.9 Å². The van der Waals surface area contributed by atoms with Gasteiger partial charge in [0.25, 0.3) is 0 Å². The Hall–Kier alpha value is -3.23. The first-order valence-corrected chi connectivity index (χ1v) is 10.1. The van der Waals surface area contributed by atoms with E-state index in [1.54, 1.807) is 0 Å². The molecule has 1 heterocycles. The summed E-state index contributed by atoms with van der Waals surface area (Å²) in [7, 11) is 0. The third-order valence-electron chi connectivity index (χ3n) is 5.55. The molecule has 160 valence electrons. The summed E-state index contributed by atoms with van der Waals surface area (Å²) < 4.78 is 0. The summed E-state index contributed by atoms with van der Waals surface area (Å²) in [5.74, 6) is -2.45. The molecule has 0 bridgehead atoms. The van der Waals surface area contributed by atoms with E-state index in [-0.39, 0.29) is 30.4 Å². The Morgan fingerprint density at radius 1 is 1.07 bits per heavy atom. The first kappa shape index (κ1) is 21.5. The fraction of sp³-hybridized carbons (Fsp3) is 0.476. The largest absolute Gasteiger partial charge is 0.368 e. The molecule has 1 aromatic carbocycles. The van der Waals surface area contributed by atoms with E-state index in [1.165, 1.54) is 0 Å². The number of Topliss-reactive ketones (excluding diaryl/α,β-unsaturated/α-hetero) is 1. The standard InChI is InChI=1S/C21H26N4O5/c22-19(28)18(13-7-4-8-14(26)10-13)25-17(27)11-16-21(30)23-15(20(29)24-16)9-12-5-2-1-3-6-12/h1-3,5-6,13,15-16,18H,4,7-11H2,(H2,22,28)(H,23,30)(H,24,29)(H,25,27)/t13-,15+,16+,18+/m1/s1. The van der Waals surface area contributed by atoms with Gasteiger partial charge in [0.15, 0.2) is 0 Å². The van der Waals surface area contributed by atoms with Crippen LogP contribution in [0.5, 0.6) is 0 Å². The number of rotatable bonds is 7. The van der Waals surface area contributed by atoms with Crippen molar-refractivity contribution in [3.05, 3.63) is 35.9 Å². The lowest BCUT2D eigenvalue weighted by Gasteiger charge is -2.31. The number of nitrogens with one attached hydrogen (secondary N) is 3.